The molecule has 1 aromatic heterocycles. The number of hydrogen-bond donors (Lipinski definition) is 1. The van der Waals surface area contributed by atoms with Gasteiger partial charge in [0.15, 0.2) is 0 Å². The summed E-state index contributed by atoms with van der Waals surface area (Å²) in [5.74, 6) is 2.39. The van der Waals surface area contributed by atoms with E-state index in [-0.39, 0.29) is 0 Å². The van der Waals surface area contributed by atoms with Crippen LogP contribution in [0.2, 0.25) is 0 Å². The summed E-state index contributed by atoms with van der Waals surface area (Å²) in [6, 6.07) is 1.87. The van der Waals surface area contributed by atoms with E-state index in [9.17, 15) is 0 Å². The van der Waals surface area contributed by atoms with Crippen LogP contribution in [-0.2, 0) is 6.42 Å². The Morgan fingerprint density at radius 1 is 1.00 bits per heavy atom. The first kappa shape index (κ1) is 16.7. The van der Waals surface area contributed by atoms with Crippen LogP contribution in [0.4, 0.5) is 5.82 Å². The Bertz CT molecular complexity index is 369. The monoisotopic (exact) mass is 279 g/mol. The summed E-state index contributed by atoms with van der Waals surface area (Å²) >= 11 is 0. The predicted octanol–water partition coefficient (Wildman–Crippen LogP) is 4.21. The number of nitrogens with zero attached hydrogens (tertiary/aromatic N) is 2. The Labute approximate surface area is 123 Å². The third-order valence-electron chi connectivity index (χ3n) is 3.23. The van der Waals surface area contributed by atoms with Gasteiger partial charge in [-0.2, -0.15) is 4.98 Å². The first-order chi connectivity index (χ1) is 9.80. The Kier molecular flexibility index (Phi) is 8.76. The van der Waals surface area contributed by atoms with E-state index in [1.54, 1.807) is 0 Å². The van der Waals surface area contributed by atoms with Gasteiger partial charge in [0.1, 0.15) is 11.6 Å². The second-order valence-corrected chi connectivity index (χ2v) is 5.12. The molecule has 1 N–H and O–H groups in total. The quantitative estimate of drug-likeness (QED) is 0.616. The van der Waals surface area contributed by atoms with Crippen LogP contribution in [0.1, 0.15) is 64.6 Å². The van der Waals surface area contributed by atoms with Crippen LogP contribution < -0.4 is 10.1 Å². The van der Waals surface area contributed by atoms with Gasteiger partial charge < -0.3 is 10.1 Å². The van der Waals surface area contributed by atoms with Crippen LogP contribution in [-0.4, -0.2) is 23.6 Å². The van der Waals surface area contributed by atoms with E-state index in [4.69, 9.17) is 4.74 Å². The summed E-state index contributed by atoms with van der Waals surface area (Å²) in [6.07, 6.45) is 9.58. The normalized spacial score (nSPS) is 10.6. The second-order valence-electron chi connectivity index (χ2n) is 5.12. The van der Waals surface area contributed by atoms with Gasteiger partial charge in [-0.1, -0.05) is 46.0 Å². The Morgan fingerprint density at radius 2 is 1.75 bits per heavy atom. The number of aryl methyl sites for hydroxylation is 1. The molecule has 114 valence electrons. The van der Waals surface area contributed by atoms with Gasteiger partial charge in [-0.15, -0.1) is 0 Å². The lowest BCUT2D eigenvalue weighted by molar-refractivity contribution is 0.292. The van der Waals surface area contributed by atoms with Crippen LogP contribution in [0.3, 0.4) is 0 Å². The summed E-state index contributed by atoms with van der Waals surface area (Å²) < 4.78 is 5.75. The molecule has 4 nitrogen and oxygen atoms in total. The fourth-order valence-corrected chi connectivity index (χ4v) is 2.07. The topological polar surface area (TPSA) is 47.0 Å². The van der Waals surface area contributed by atoms with E-state index >= 15 is 0 Å². The highest BCUT2D eigenvalue weighted by Gasteiger charge is 2.04. The molecule has 0 aliphatic heterocycles. The highest BCUT2D eigenvalue weighted by atomic mass is 16.5. The van der Waals surface area contributed by atoms with Gasteiger partial charge >= 0.3 is 0 Å². The molecule has 1 rings (SSSR count). The van der Waals surface area contributed by atoms with Crippen molar-refractivity contribution in [3.05, 3.63) is 11.9 Å². The van der Waals surface area contributed by atoms with Crippen LogP contribution in [0.25, 0.3) is 0 Å². The van der Waals surface area contributed by atoms with Crippen molar-refractivity contribution < 1.29 is 4.74 Å². The van der Waals surface area contributed by atoms with Gasteiger partial charge in [0.2, 0.25) is 5.88 Å². The van der Waals surface area contributed by atoms with Gasteiger partial charge in [0.05, 0.1) is 6.61 Å². The summed E-state index contributed by atoms with van der Waals surface area (Å²) in [4.78, 5) is 8.86. The Balaban J connectivity index is 2.33. The lowest BCUT2D eigenvalue weighted by Gasteiger charge is -2.09. The summed E-state index contributed by atoms with van der Waals surface area (Å²) in [5, 5.41) is 3.06. The van der Waals surface area contributed by atoms with Crippen LogP contribution in [0.5, 0.6) is 5.88 Å². The van der Waals surface area contributed by atoms with Gasteiger partial charge in [0, 0.05) is 19.5 Å². The summed E-state index contributed by atoms with van der Waals surface area (Å²) in [7, 11) is 1.87. The van der Waals surface area contributed by atoms with Crippen LogP contribution >= 0.6 is 0 Å². The second kappa shape index (κ2) is 10.5. The third-order valence-corrected chi connectivity index (χ3v) is 3.23. The fraction of sp³-hybridized carbons (Fsp3) is 0.750. The molecule has 1 aromatic rings. The number of rotatable bonds is 11. The molecule has 0 saturated heterocycles. The van der Waals surface area contributed by atoms with Crippen molar-refractivity contribution in [2.45, 2.75) is 65.2 Å². The number of nitrogens with one attached hydrogen (secondary N) is 1. The minimum absolute atomic E-state index is 0.696. The van der Waals surface area contributed by atoms with Crippen molar-refractivity contribution in [3.63, 3.8) is 0 Å². The van der Waals surface area contributed by atoms with Gasteiger partial charge in [-0.05, 0) is 12.8 Å². The molecule has 0 aliphatic rings. The Hall–Kier alpha value is -1.32. The van der Waals surface area contributed by atoms with E-state index in [0.29, 0.717) is 5.88 Å². The maximum atomic E-state index is 5.75. The molecule has 20 heavy (non-hydrogen) atoms. The number of aromatic nitrogens is 2. The first-order valence-corrected chi connectivity index (χ1v) is 7.98. The largest absolute Gasteiger partial charge is 0.478 e. The number of anilines is 1. The SMILES string of the molecule is CCCCCCCCOc1cc(NC)nc(CCC)n1. The molecular formula is C16H29N3O. The van der Waals surface area contributed by atoms with Gasteiger partial charge in [-0.3, -0.25) is 0 Å². The molecule has 0 aromatic carbocycles. The average molecular weight is 279 g/mol. The van der Waals surface area contributed by atoms with E-state index in [2.05, 4.69) is 29.1 Å². The lowest BCUT2D eigenvalue weighted by Crippen LogP contribution is -2.05. The first-order valence-electron chi connectivity index (χ1n) is 7.98. The van der Waals surface area contributed by atoms with Crippen molar-refractivity contribution in [3.8, 4) is 5.88 Å². The van der Waals surface area contributed by atoms with Gasteiger partial charge in [0.25, 0.3) is 0 Å². The molecule has 0 spiro atoms. The molecule has 0 radical (unpaired) electrons. The molecule has 0 bridgehead atoms. The standard InChI is InChI=1S/C16H29N3O/c1-4-6-7-8-9-10-12-20-16-13-15(17-3)18-14(19-16)11-5-2/h13H,4-12H2,1-3H3,(H,17,18,19). The zero-order valence-corrected chi connectivity index (χ0v) is 13.2. The van der Waals surface area contributed by atoms with E-state index < -0.39 is 0 Å². The Morgan fingerprint density at radius 3 is 2.45 bits per heavy atom. The van der Waals surface area contributed by atoms with E-state index in [1.165, 1.54) is 32.1 Å². The van der Waals surface area contributed by atoms with Crippen LogP contribution in [0, 0.1) is 0 Å². The highest BCUT2D eigenvalue weighted by Crippen LogP contribution is 2.15. The maximum absolute atomic E-state index is 5.75. The molecule has 0 fully saturated rings. The minimum atomic E-state index is 0.696. The van der Waals surface area contributed by atoms with Crippen molar-refractivity contribution in [1.29, 1.82) is 0 Å². The highest BCUT2D eigenvalue weighted by molar-refractivity contribution is 5.37. The molecule has 0 amide bonds. The van der Waals surface area contributed by atoms with Crippen molar-refractivity contribution in [1.82, 2.24) is 9.97 Å². The molecule has 1 heterocycles. The molecule has 0 aliphatic carbocycles. The van der Waals surface area contributed by atoms with Crippen molar-refractivity contribution in [2.24, 2.45) is 0 Å². The maximum Gasteiger partial charge on any atom is 0.218 e. The smallest absolute Gasteiger partial charge is 0.218 e. The number of unbranched alkanes of at least 4 members (excludes halogenated alkanes) is 5. The fourth-order valence-electron chi connectivity index (χ4n) is 2.07. The molecule has 0 atom stereocenters. The molecular weight excluding hydrogens is 250 g/mol. The summed E-state index contributed by atoms with van der Waals surface area (Å²) in [5.41, 5.74) is 0. The molecule has 0 saturated carbocycles. The molecule has 0 unspecified atom stereocenters. The lowest BCUT2D eigenvalue weighted by atomic mass is 10.1. The minimum Gasteiger partial charge on any atom is -0.478 e. The third kappa shape index (κ3) is 6.73. The van der Waals surface area contributed by atoms with E-state index in [1.807, 2.05) is 13.1 Å². The predicted molar refractivity (Wildman–Crippen MR) is 84.4 cm³/mol. The number of hydrogen-bond acceptors (Lipinski definition) is 4. The zero-order chi connectivity index (χ0) is 14.6. The average Bonchev–Trinajstić information content (AvgIpc) is 2.46. The molecule has 4 heteroatoms. The van der Waals surface area contributed by atoms with E-state index in [0.717, 1.165) is 37.5 Å². The zero-order valence-electron chi connectivity index (χ0n) is 13.2. The summed E-state index contributed by atoms with van der Waals surface area (Å²) in [6.45, 7) is 5.12. The van der Waals surface area contributed by atoms with Gasteiger partial charge in [-0.25, -0.2) is 4.98 Å². The number of ether oxygens (including phenoxy) is 1. The van der Waals surface area contributed by atoms with Crippen molar-refractivity contribution >= 4 is 5.82 Å². The van der Waals surface area contributed by atoms with Crippen molar-refractivity contribution in [2.75, 3.05) is 19.0 Å². The van der Waals surface area contributed by atoms with Crippen LogP contribution in [0.15, 0.2) is 6.07 Å².